The van der Waals surface area contributed by atoms with E-state index in [1.165, 1.54) is 0 Å². The number of piperidine rings is 1. The van der Waals surface area contributed by atoms with Crippen LogP contribution in [0.2, 0.25) is 0 Å². The molecule has 0 bridgehead atoms. The Morgan fingerprint density at radius 1 is 1.64 bits per heavy atom. The van der Waals surface area contributed by atoms with Crippen LogP contribution in [0.3, 0.4) is 0 Å². The second kappa shape index (κ2) is 5.61. The number of aliphatic hydroxyl groups excluding tert-OH is 1. The number of rotatable bonds is 3. The molecule has 0 saturated carbocycles. The summed E-state index contributed by atoms with van der Waals surface area (Å²) in [7, 11) is 0. The van der Waals surface area contributed by atoms with Crippen molar-refractivity contribution in [2.45, 2.75) is 25.9 Å². The molecule has 2 atom stereocenters. The molecule has 1 heterocycles. The van der Waals surface area contributed by atoms with Crippen LogP contribution >= 0.6 is 11.8 Å². The molecule has 1 fully saturated rings. The van der Waals surface area contributed by atoms with Crippen molar-refractivity contribution < 1.29 is 9.90 Å². The van der Waals surface area contributed by atoms with Gasteiger partial charge in [0.2, 0.25) is 5.91 Å². The van der Waals surface area contributed by atoms with E-state index in [-0.39, 0.29) is 17.9 Å². The van der Waals surface area contributed by atoms with Crippen molar-refractivity contribution in [1.29, 1.82) is 0 Å². The lowest BCUT2D eigenvalue weighted by molar-refractivity contribution is -0.134. The average Bonchev–Trinajstić information content (AvgIpc) is 2.18. The summed E-state index contributed by atoms with van der Waals surface area (Å²) in [5, 5.41) is 9.51. The van der Waals surface area contributed by atoms with Gasteiger partial charge in [-0.1, -0.05) is 6.92 Å². The number of hydrogen-bond acceptors (Lipinski definition) is 3. The summed E-state index contributed by atoms with van der Waals surface area (Å²) in [5.74, 6) is 1.35. The molecule has 0 spiro atoms. The van der Waals surface area contributed by atoms with Crippen LogP contribution in [0, 0.1) is 5.92 Å². The first-order valence-electron chi connectivity index (χ1n) is 5.10. The molecular weight excluding hydrogens is 198 g/mol. The van der Waals surface area contributed by atoms with Crippen molar-refractivity contribution in [2.75, 3.05) is 25.1 Å². The SMILES string of the molecule is CSCCC(=O)N1CCC(O)C(C)C1. The molecule has 3 nitrogen and oxygen atoms in total. The second-order valence-corrected chi connectivity index (χ2v) is 4.90. The molecular formula is C10H19NO2S. The number of aliphatic hydroxyl groups is 1. The Kier molecular flexibility index (Phi) is 4.75. The molecule has 1 aliphatic rings. The predicted octanol–water partition coefficient (Wildman–Crippen LogP) is 0.969. The molecule has 0 aliphatic carbocycles. The van der Waals surface area contributed by atoms with Crippen LogP contribution in [-0.4, -0.2) is 47.1 Å². The summed E-state index contributed by atoms with van der Waals surface area (Å²) in [6.45, 7) is 3.44. The third-order valence-corrected chi connectivity index (χ3v) is 3.35. The molecule has 1 aliphatic heterocycles. The van der Waals surface area contributed by atoms with E-state index in [1.54, 1.807) is 11.8 Å². The lowest BCUT2D eigenvalue weighted by atomic mass is 9.96. The number of thioether (sulfide) groups is 1. The first-order valence-corrected chi connectivity index (χ1v) is 6.49. The highest BCUT2D eigenvalue weighted by Crippen LogP contribution is 2.17. The minimum atomic E-state index is -0.223. The fraction of sp³-hybridized carbons (Fsp3) is 0.900. The lowest BCUT2D eigenvalue weighted by Gasteiger charge is -2.34. The second-order valence-electron chi connectivity index (χ2n) is 3.92. The highest BCUT2D eigenvalue weighted by Gasteiger charge is 2.26. The maximum absolute atomic E-state index is 11.6. The van der Waals surface area contributed by atoms with Gasteiger partial charge < -0.3 is 10.0 Å². The minimum Gasteiger partial charge on any atom is -0.393 e. The fourth-order valence-electron chi connectivity index (χ4n) is 1.71. The van der Waals surface area contributed by atoms with Gasteiger partial charge in [0.25, 0.3) is 0 Å². The molecule has 0 radical (unpaired) electrons. The molecule has 82 valence electrons. The average molecular weight is 217 g/mol. The molecule has 1 rings (SSSR count). The Bertz CT molecular complexity index is 199. The summed E-state index contributed by atoms with van der Waals surface area (Å²) >= 11 is 1.70. The third-order valence-electron chi connectivity index (χ3n) is 2.73. The summed E-state index contributed by atoms with van der Waals surface area (Å²) in [6.07, 6.45) is 3.14. The van der Waals surface area contributed by atoms with Gasteiger partial charge in [-0.05, 0) is 18.6 Å². The maximum Gasteiger partial charge on any atom is 0.223 e. The van der Waals surface area contributed by atoms with Crippen LogP contribution in [0.1, 0.15) is 19.8 Å². The lowest BCUT2D eigenvalue weighted by Crippen LogP contribution is -2.45. The van der Waals surface area contributed by atoms with E-state index in [9.17, 15) is 9.90 Å². The van der Waals surface area contributed by atoms with Gasteiger partial charge in [0.1, 0.15) is 0 Å². The summed E-state index contributed by atoms with van der Waals surface area (Å²) < 4.78 is 0. The van der Waals surface area contributed by atoms with Gasteiger partial charge in [0.05, 0.1) is 6.10 Å². The predicted molar refractivity (Wildman–Crippen MR) is 59.4 cm³/mol. The number of likely N-dealkylation sites (tertiary alicyclic amines) is 1. The van der Waals surface area contributed by atoms with Crippen LogP contribution in [-0.2, 0) is 4.79 Å². The number of carbonyl (C=O) groups excluding carboxylic acids is 1. The summed E-state index contributed by atoms with van der Waals surface area (Å²) in [5.41, 5.74) is 0. The molecule has 1 amide bonds. The van der Waals surface area contributed by atoms with Crippen LogP contribution in [0.15, 0.2) is 0 Å². The molecule has 0 aromatic carbocycles. The monoisotopic (exact) mass is 217 g/mol. The number of hydrogen-bond donors (Lipinski definition) is 1. The van der Waals surface area contributed by atoms with Gasteiger partial charge in [0.15, 0.2) is 0 Å². The summed E-state index contributed by atoms with van der Waals surface area (Å²) in [4.78, 5) is 13.5. The van der Waals surface area contributed by atoms with E-state index in [0.717, 1.165) is 18.7 Å². The Morgan fingerprint density at radius 2 is 2.36 bits per heavy atom. The van der Waals surface area contributed by atoms with Crippen molar-refractivity contribution in [3.8, 4) is 0 Å². The van der Waals surface area contributed by atoms with Gasteiger partial charge in [-0.3, -0.25) is 4.79 Å². The molecule has 2 unspecified atom stereocenters. The van der Waals surface area contributed by atoms with Crippen LogP contribution in [0.25, 0.3) is 0 Å². The van der Waals surface area contributed by atoms with Gasteiger partial charge in [0, 0.05) is 25.3 Å². The molecule has 0 aromatic heterocycles. The highest BCUT2D eigenvalue weighted by molar-refractivity contribution is 7.98. The van der Waals surface area contributed by atoms with Crippen molar-refractivity contribution in [3.05, 3.63) is 0 Å². The van der Waals surface area contributed by atoms with Gasteiger partial charge in [-0.25, -0.2) is 0 Å². The maximum atomic E-state index is 11.6. The van der Waals surface area contributed by atoms with Crippen LogP contribution in [0.4, 0.5) is 0 Å². The Hall–Kier alpha value is -0.220. The van der Waals surface area contributed by atoms with E-state index in [4.69, 9.17) is 0 Å². The van der Waals surface area contributed by atoms with Crippen molar-refractivity contribution >= 4 is 17.7 Å². The minimum absolute atomic E-state index is 0.223. The zero-order chi connectivity index (χ0) is 10.6. The van der Waals surface area contributed by atoms with Gasteiger partial charge in [-0.15, -0.1) is 0 Å². The van der Waals surface area contributed by atoms with Crippen LogP contribution in [0.5, 0.6) is 0 Å². The van der Waals surface area contributed by atoms with Crippen LogP contribution < -0.4 is 0 Å². The Morgan fingerprint density at radius 3 is 2.93 bits per heavy atom. The molecule has 4 heteroatoms. The van der Waals surface area contributed by atoms with Crippen molar-refractivity contribution in [3.63, 3.8) is 0 Å². The molecule has 0 aromatic rings. The zero-order valence-corrected chi connectivity index (χ0v) is 9.72. The first-order chi connectivity index (χ1) is 6.65. The van der Waals surface area contributed by atoms with E-state index in [2.05, 4.69) is 0 Å². The van der Waals surface area contributed by atoms with E-state index in [1.807, 2.05) is 18.1 Å². The van der Waals surface area contributed by atoms with Crippen molar-refractivity contribution in [1.82, 2.24) is 4.90 Å². The van der Waals surface area contributed by atoms with E-state index < -0.39 is 0 Å². The smallest absolute Gasteiger partial charge is 0.223 e. The van der Waals surface area contributed by atoms with Crippen molar-refractivity contribution in [2.24, 2.45) is 5.92 Å². The normalized spacial score (nSPS) is 27.8. The first kappa shape index (κ1) is 11.9. The van der Waals surface area contributed by atoms with Gasteiger partial charge in [-0.2, -0.15) is 11.8 Å². The largest absolute Gasteiger partial charge is 0.393 e. The standard InChI is InChI=1S/C10H19NO2S/c1-8-7-11(5-3-9(8)12)10(13)4-6-14-2/h8-9,12H,3-7H2,1-2H3. The topological polar surface area (TPSA) is 40.5 Å². The number of nitrogens with zero attached hydrogens (tertiary/aromatic N) is 1. The third kappa shape index (κ3) is 3.17. The quantitative estimate of drug-likeness (QED) is 0.766. The molecule has 1 N–H and O–H groups in total. The van der Waals surface area contributed by atoms with Gasteiger partial charge >= 0.3 is 0 Å². The number of amides is 1. The number of carbonyl (C=O) groups is 1. The molecule has 14 heavy (non-hydrogen) atoms. The fourth-order valence-corrected chi connectivity index (χ4v) is 2.09. The van der Waals surface area contributed by atoms with E-state index >= 15 is 0 Å². The Balaban J connectivity index is 2.34. The summed E-state index contributed by atoms with van der Waals surface area (Å²) in [6, 6.07) is 0. The molecule has 1 saturated heterocycles. The van der Waals surface area contributed by atoms with E-state index in [0.29, 0.717) is 13.0 Å². The highest BCUT2D eigenvalue weighted by atomic mass is 32.2. The Labute approximate surface area is 89.9 Å². The zero-order valence-electron chi connectivity index (χ0n) is 8.90.